The number of benzene rings is 1. The van der Waals surface area contributed by atoms with Gasteiger partial charge in [-0.3, -0.25) is 4.90 Å². The summed E-state index contributed by atoms with van der Waals surface area (Å²) in [5, 5.41) is 0. The Labute approximate surface area is 122 Å². The maximum absolute atomic E-state index is 13.5. The first-order chi connectivity index (χ1) is 9.44. The first-order valence-corrected chi connectivity index (χ1v) is 6.72. The van der Waals surface area contributed by atoms with Gasteiger partial charge in [-0.1, -0.05) is 20.8 Å². The topological polar surface area (TPSA) is 29.3 Å². The average Bonchev–Trinajstić information content (AvgIpc) is 2.25. The Morgan fingerprint density at radius 1 is 1.14 bits per heavy atom. The second kappa shape index (κ2) is 6.32. The number of nitrogens with zero attached hydrogens (tertiary/aromatic N) is 1. The van der Waals surface area contributed by atoms with Gasteiger partial charge < -0.3 is 5.73 Å². The summed E-state index contributed by atoms with van der Waals surface area (Å²) in [7, 11) is 1.78. The zero-order chi connectivity index (χ0) is 16.4. The zero-order valence-corrected chi connectivity index (χ0v) is 12.8. The highest BCUT2D eigenvalue weighted by Crippen LogP contribution is 2.33. The van der Waals surface area contributed by atoms with Crippen molar-refractivity contribution in [2.75, 3.05) is 20.1 Å². The van der Waals surface area contributed by atoms with Crippen LogP contribution in [0.2, 0.25) is 0 Å². The second-order valence-electron chi connectivity index (χ2n) is 6.50. The fourth-order valence-corrected chi connectivity index (χ4v) is 2.40. The van der Waals surface area contributed by atoms with Crippen molar-refractivity contribution in [2.24, 2.45) is 11.1 Å². The van der Waals surface area contributed by atoms with Gasteiger partial charge in [-0.15, -0.1) is 0 Å². The molecule has 0 saturated heterocycles. The van der Waals surface area contributed by atoms with Gasteiger partial charge in [0.2, 0.25) is 0 Å². The minimum absolute atomic E-state index is 0.0393. The number of hydrogen-bond donors (Lipinski definition) is 1. The summed E-state index contributed by atoms with van der Waals surface area (Å²) in [5.41, 5.74) is 4.91. The number of alkyl halides is 3. The maximum Gasteiger partial charge on any atom is 0.416 e. The lowest BCUT2D eigenvalue weighted by molar-refractivity contribution is -0.137. The quantitative estimate of drug-likeness (QED) is 0.857. The number of nitrogens with two attached hydrogens (primary N) is 1. The molecule has 0 aliphatic rings. The van der Waals surface area contributed by atoms with Crippen LogP contribution in [-0.4, -0.2) is 25.0 Å². The van der Waals surface area contributed by atoms with E-state index in [0.29, 0.717) is 12.6 Å². The third kappa shape index (κ3) is 5.28. The van der Waals surface area contributed by atoms with Crippen molar-refractivity contribution in [3.05, 3.63) is 35.1 Å². The van der Waals surface area contributed by atoms with E-state index in [0.717, 1.165) is 12.1 Å². The number of halogens is 4. The van der Waals surface area contributed by atoms with Gasteiger partial charge in [0, 0.05) is 19.1 Å². The van der Waals surface area contributed by atoms with Crippen molar-refractivity contribution >= 4 is 0 Å². The Kier molecular flexibility index (Phi) is 5.39. The standard InChI is InChI=1S/C15H22F4N2/c1-14(2,3)9-21(4)13(8-20)10-5-11(15(17,18)19)7-12(16)6-10/h5-7,13H,8-9,20H2,1-4H3. The maximum atomic E-state index is 13.5. The minimum Gasteiger partial charge on any atom is -0.329 e. The van der Waals surface area contributed by atoms with Crippen LogP contribution in [-0.2, 0) is 6.18 Å². The van der Waals surface area contributed by atoms with Crippen LogP contribution in [0.3, 0.4) is 0 Å². The summed E-state index contributed by atoms with van der Waals surface area (Å²) in [6.45, 7) is 6.80. The molecule has 120 valence electrons. The highest BCUT2D eigenvalue weighted by Gasteiger charge is 2.32. The normalized spacial score (nSPS) is 14.6. The van der Waals surface area contributed by atoms with E-state index >= 15 is 0 Å². The van der Waals surface area contributed by atoms with E-state index in [2.05, 4.69) is 0 Å². The van der Waals surface area contributed by atoms with Crippen molar-refractivity contribution < 1.29 is 17.6 Å². The molecular weight excluding hydrogens is 284 g/mol. The highest BCUT2D eigenvalue weighted by atomic mass is 19.4. The molecule has 2 nitrogen and oxygen atoms in total. The molecule has 0 aromatic heterocycles. The molecule has 0 aliphatic heterocycles. The van der Waals surface area contributed by atoms with Crippen LogP contribution in [0.4, 0.5) is 17.6 Å². The van der Waals surface area contributed by atoms with E-state index in [1.165, 1.54) is 0 Å². The van der Waals surface area contributed by atoms with Crippen LogP contribution in [0.5, 0.6) is 0 Å². The lowest BCUT2D eigenvalue weighted by Gasteiger charge is -2.33. The minimum atomic E-state index is -4.57. The summed E-state index contributed by atoms with van der Waals surface area (Å²) >= 11 is 0. The third-order valence-corrected chi connectivity index (χ3v) is 3.11. The molecule has 0 radical (unpaired) electrons. The summed E-state index contributed by atoms with van der Waals surface area (Å²) in [4.78, 5) is 1.86. The largest absolute Gasteiger partial charge is 0.416 e. The van der Waals surface area contributed by atoms with E-state index in [4.69, 9.17) is 5.73 Å². The van der Waals surface area contributed by atoms with Gasteiger partial charge in [0.05, 0.1) is 5.56 Å². The Morgan fingerprint density at radius 3 is 2.14 bits per heavy atom. The van der Waals surface area contributed by atoms with Gasteiger partial charge in [0.1, 0.15) is 5.82 Å². The molecule has 0 bridgehead atoms. The molecular formula is C15H22F4N2. The highest BCUT2D eigenvalue weighted by molar-refractivity contribution is 5.29. The summed E-state index contributed by atoms with van der Waals surface area (Å²) < 4.78 is 51.8. The van der Waals surface area contributed by atoms with Crippen LogP contribution in [0, 0.1) is 11.2 Å². The van der Waals surface area contributed by atoms with E-state index in [-0.39, 0.29) is 17.5 Å². The molecule has 0 fully saturated rings. The van der Waals surface area contributed by atoms with Crippen LogP contribution in [0.25, 0.3) is 0 Å². The number of likely N-dealkylation sites (N-methyl/N-ethyl adjacent to an activating group) is 1. The Hall–Kier alpha value is -1.14. The van der Waals surface area contributed by atoms with Crippen LogP contribution < -0.4 is 5.73 Å². The summed E-state index contributed by atoms with van der Waals surface area (Å²) in [6, 6.07) is 2.13. The lowest BCUT2D eigenvalue weighted by Crippen LogP contribution is -2.36. The molecule has 0 amide bonds. The van der Waals surface area contributed by atoms with Crippen molar-refractivity contribution in [3.63, 3.8) is 0 Å². The van der Waals surface area contributed by atoms with Crippen molar-refractivity contribution in [2.45, 2.75) is 33.0 Å². The van der Waals surface area contributed by atoms with Crippen molar-refractivity contribution in [3.8, 4) is 0 Å². The SMILES string of the molecule is CN(CC(C)(C)C)C(CN)c1cc(F)cc(C(F)(F)F)c1. The Balaban J connectivity index is 3.14. The van der Waals surface area contributed by atoms with E-state index in [1.54, 1.807) is 7.05 Å². The van der Waals surface area contributed by atoms with E-state index in [1.807, 2.05) is 25.7 Å². The fourth-order valence-electron chi connectivity index (χ4n) is 2.40. The average molecular weight is 306 g/mol. The Bertz CT molecular complexity index is 478. The molecule has 0 aliphatic carbocycles. The predicted octanol–water partition coefficient (Wildman–Crippen LogP) is 3.82. The number of rotatable bonds is 4. The van der Waals surface area contributed by atoms with Crippen LogP contribution in [0.1, 0.15) is 37.9 Å². The van der Waals surface area contributed by atoms with Crippen LogP contribution >= 0.6 is 0 Å². The molecule has 6 heteroatoms. The second-order valence-corrected chi connectivity index (χ2v) is 6.50. The molecule has 0 heterocycles. The van der Waals surface area contributed by atoms with Gasteiger partial charge in [-0.05, 0) is 36.2 Å². The third-order valence-electron chi connectivity index (χ3n) is 3.11. The first kappa shape index (κ1) is 17.9. The molecule has 1 rings (SSSR count). The van der Waals surface area contributed by atoms with E-state index in [9.17, 15) is 17.6 Å². The molecule has 2 N–H and O–H groups in total. The molecule has 1 atom stereocenters. The number of hydrogen-bond acceptors (Lipinski definition) is 2. The van der Waals surface area contributed by atoms with Crippen molar-refractivity contribution in [1.29, 1.82) is 0 Å². The monoisotopic (exact) mass is 306 g/mol. The fraction of sp³-hybridized carbons (Fsp3) is 0.600. The Morgan fingerprint density at radius 2 is 1.71 bits per heavy atom. The van der Waals surface area contributed by atoms with Gasteiger partial charge in [-0.2, -0.15) is 13.2 Å². The molecule has 1 unspecified atom stereocenters. The zero-order valence-electron chi connectivity index (χ0n) is 12.8. The van der Waals surface area contributed by atoms with Gasteiger partial charge in [0.25, 0.3) is 0 Å². The molecule has 0 saturated carbocycles. The van der Waals surface area contributed by atoms with Crippen LogP contribution in [0.15, 0.2) is 18.2 Å². The summed E-state index contributed by atoms with van der Waals surface area (Å²) in [5.74, 6) is -0.901. The van der Waals surface area contributed by atoms with Gasteiger partial charge >= 0.3 is 6.18 Å². The van der Waals surface area contributed by atoms with Gasteiger partial charge in [0.15, 0.2) is 0 Å². The molecule has 21 heavy (non-hydrogen) atoms. The van der Waals surface area contributed by atoms with Gasteiger partial charge in [-0.25, -0.2) is 4.39 Å². The summed E-state index contributed by atoms with van der Waals surface area (Å²) in [6.07, 6.45) is -4.57. The van der Waals surface area contributed by atoms with Crippen molar-refractivity contribution in [1.82, 2.24) is 4.90 Å². The first-order valence-electron chi connectivity index (χ1n) is 6.72. The lowest BCUT2D eigenvalue weighted by atomic mass is 9.94. The van der Waals surface area contributed by atoms with E-state index < -0.39 is 23.6 Å². The predicted molar refractivity (Wildman–Crippen MR) is 75.3 cm³/mol. The molecule has 0 spiro atoms. The molecule has 1 aromatic rings. The molecule has 1 aromatic carbocycles. The smallest absolute Gasteiger partial charge is 0.329 e.